The van der Waals surface area contributed by atoms with Crippen LogP contribution in [0, 0.1) is 0 Å². The molecular weight excluding hydrogens is 266 g/mol. The summed E-state index contributed by atoms with van der Waals surface area (Å²) in [6, 6.07) is 16.8. The highest BCUT2D eigenvalue weighted by Crippen LogP contribution is 2.27. The molecule has 0 aliphatic rings. The van der Waals surface area contributed by atoms with Gasteiger partial charge in [0.05, 0.1) is 0 Å². The first kappa shape index (κ1) is 14.9. The van der Waals surface area contributed by atoms with Gasteiger partial charge in [-0.1, -0.05) is 36.4 Å². The lowest BCUT2D eigenvalue weighted by Crippen LogP contribution is -2.10. The number of likely N-dealkylation sites (N-methyl/N-ethyl adjacent to an activating group) is 1. The van der Waals surface area contributed by atoms with Crippen molar-refractivity contribution in [1.82, 2.24) is 5.32 Å². The molecule has 0 fully saturated rings. The molecule has 2 rings (SSSR count). The highest BCUT2D eigenvalue weighted by atomic mass is 32.2. The minimum absolute atomic E-state index is 0.615. The Morgan fingerprint density at radius 2 is 1.70 bits per heavy atom. The zero-order chi connectivity index (χ0) is 14.2. The Morgan fingerprint density at radius 3 is 2.40 bits per heavy atom. The molecule has 1 N–H and O–H groups in total. The second-order valence-electron chi connectivity index (χ2n) is 4.61. The number of ether oxygens (including phenoxy) is 1. The normalized spacial score (nSPS) is 10.5. The fraction of sp³-hybridized carbons (Fsp3) is 0.294. The van der Waals surface area contributed by atoms with Crippen LogP contribution in [-0.4, -0.2) is 19.8 Å². The third kappa shape index (κ3) is 4.29. The fourth-order valence-electron chi connectivity index (χ4n) is 1.97. The summed E-state index contributed by atoms with van der Waals surface area (Å²) in [6.07, 6.45) is 3.13. The molecule has 0 atom stereocenters. The van der Waals surface area contributed by atoms with Crippen molar-refractivity contribution in [2.75, 3.05) is 19.8 Å². The molecule has 0 heterocycles. The molecule has 106 valence electrons. The Hall–Kier alpha value is -1.45. The van der Waals surface area contributed by atoms with E-state index in [0.29, 0.717) is 6.61 Å². The molecular formula is C17H21NOS. The second kappa shape index (κ2) is 7.98. The molecule has 0 bridgehead atoms. The van der Waals surface area contributed by atoms with Crippen molar-refractivity contribution in [2.24, 2.45) is 0 Å². The van der Waals surface area contributed by atoms with Gasteiger partial charge in [-0.2, -0.15) is 0 Å². The Kier molecular flexibility index (Phi) is 5.96. The van der Waals surface area contributed by atoms with Crippen molar-refractivity contribution in [3.8, 4) is 5.75 Å². The standard InChI is InChI=1S/C17H21NOS/c1-18-12-11-14-7-9-15(10-8-14)13-19-16-5-3-4-6-17(16)20-2/h3-10,18H,11-13H2,1-2H3. The Labute approximate surface area is 125 Å². The molecule has 0 saturated heterocycles. The van der Waals surface area contributed by atoms with E-state index >= 15 is 0 Å². The molecule has 20 heavy (non-hydrogen) atoms. The average Bonchev–Trinajstić information content (AvgIpc) is 2.52. The first-order chi connectivity index (χ1) is 9.83. The second-order valence-corrected chi connectivity index (χ2v) is 5.46. The smallest absolute Gasteiger partial charge is 0.133 e. The van der Waals surface area contributed by atoms with Gasteiger partial charge >= 0.3 is 0 Å². The summed E-state index contributed by atoms with van der Waals surface area (Å²) in [5.41, 5.74) is 2.56. The number of benzene rings is 2. The molecule has 0 aliphatic carbocycles. The molecule has 3 heteroatoms. The minimum atomic E-state index is 0.615. The third-order valence-electron chi connectivity index (χ3n) is 3.15. The number of rotatable bonds is 7. The van der Waals surface area contributed by atoms with E-state index < -0.39 is 0 Å². The van der Waals surface area contributed by atoms with Gasteiger partial charge in [-0.15, -0.1) is 11.8 Å². The molecule has 0 saturated carbocycles. The van der Waals surface area contributed by atoms with E-state index in [1.54, 1.807) is 11.8 Å². The Balaban J connectivity index is 1.93. The van der Waals surface area contributed by atoms with Crippen LogP contribution in [-0.2, 0) is 13.0 Å². The van der Waals surface area contributed by atoms with E-state index in [2.05, 4.69) is 41.9 Å². The molecule has 0 unspecified atom stereocenters. The van der Waals surface area contributed by atoms with E-state index in [-0.39, 0.29) is 0 Å². The van der Waals surface area contributed by atoms with Crippen LogP contribution in [0.5, 0.6) is 5.75 Å². The van der Waals surface area contributed by atoms with Gasteiger partial charge in [0, 0.05) is 4.90 Å². The fourth-order valence-corrected chi connectivity index (χ4v) is 2.51. The van der Waals surface area contributed by atoms with Crippen molar-refractivity contribution < 1.29 is 4.74 Å². The van der Waals surface area contributed by atoms with E-state index in [4.69, 9.17) is 4.74 Å². The van der Waals surface area contributed by atoms with Gasteiger partial charge in [0.2, 0.25) is 0 Å². The summed E-state index contributed by atoms with van der Waals surface area (Å²) in [4.78, 5) is 1.18. The van der Waals surface area contributed by atoms with Gasteiger partial charge in [-0.05, 0) is 49.5 Å². The van der Waals surface area contributed by atoms with Gasteiger partial charge in [0.25, 0.3) is 0 Å². The van der Waals surface area contributed by atoms with Crippen molar-refractivity contribution in [1.29, 1.82) is 0 Å². The topological polar surface area (TPSA) is 21.3 Å². The minimum Gasteiger partial charge on any atom is -0.488 e. The van der Waals surface area contributed by atoms with E-state index in [0.717, 1.165) is 18.7 Å². The summed E-state index contributed by atoms with van der Waals surface area (Å²) < 4.78 is 5.90. The van der Waals surface area contributed by atoms with Crippen LogP contribution in [0.15, 0.2) is 53.4 Å². The molecule has 2 aromatic carbocycles. The van der Waals surface area contributed by atoms with E-state index in [9.17, 15) is 0 Å². The summed E-state index contributed by atoms with van der Waals surface area (Å²) in [6.45, 7) is 1.63. The average molecular weight is 287 g/mol. The molecule has 0 radical (unpaired) electrons. The number of thioether (sulfide) groups is 1. The zero-order valence-corrected chi connectivity index (χ0v) is 12.9. The molecule has 0 spiro atoms. The van der Waals surface area contributed by atoms with Crippen molar-refractivity contribution in [3.63, 3.8) is 0 Å². The Morgan fingerprint density at radius 1 is 1.00 bits per heavy atom. The van der Waals surface area contributed by atoms with Crippen molar-refractivity contribution in [2.45, 2.75) is 17.9 Å². The third-order valence-corrected chi connectivity index (χ3v) is 3.93. The SMILES string of the molecule is CNCCc1ccc(COc2ccccc2SC)cc1. The highest BCUT2D eigenvalue weighted by molar-refractivity contribution is 7.98. The molecule has 0 aromatic heterocycles. The van der Waals surface area contributed by atoms with Crippen LogP contribution in [0.4, 0.5) is 0 Å². The maximum atomic E-state index is 5.90. The van der Waals surface area contributed by atoms with Gasteiger partial charge in [-0.3, -0.25) is 0 Å². The predicted molar refractivity (Wildman–Crippen MR) is 86.6 cm³/mol. The number of nitrogens with one attached hydrogen (secondary N) is 1. The number of hydrogen-bond acceptors (Lipinski definition) is 3. The molecule has 2 nitrogen and oxygen atoms in total. The summed E-state index contributed by atoms with van der Waals surface area (Å²) in [5, 5.41) is 3.16. The summed E-state index contributed by atoms with van der Waals surface area (Å²) in [7, 11) is 1.98. The van der Waals surface area contributed by atoms with Crippen LogP contribution in [0.2, 0.25) is 0 Å². The Bertz CT molecular complexity index is 525. The summed E-state index contributed by atoms with van der Waals surface area (Å²) in [5.74, 6) is 0.958. The number of para-hydroxylation sites is 1. The summed E-state index contributed by atoms with van der Waals surface area (Å²) >= 11 is 1.71. The molecule has 0 amide bonds. The highest BCUT2D eigenvalue weighted by Gasteiger charge is 2.02. The van der Waals surface area contributed by atoms with E-state index in [1.165, 1.54) is 16.0 Å². The maximum absolute atomic E-state index is 5.90. The van der Waals surface area contributed by atoms with Gasteiger partial charge < -0.3 is 10.1 Å². The van der Waals surface area contributed by atoms with Gasteiger partial charge in [0.1, 0.15) is 12.4 Å². The van der Waals surface area contributed by atoms with Crippen molar-refractivity contribution >= 4 is 11.8 Å². The van der Waals surface area contributed by atoms with Gasteiger partial charge in [0.15, 0.2) is 0 Å². The lowest BCUT2D eigenvalue weighted by molar-refractivity contribution is 0.299. The van der Waals surface area contributed by atoms with Gasteiger partial charge in [-0.25, -0.2) is 0 Å². The molecule has 0 aliphatic heterocycles. The van der Waals surface area contributed by atoms with Crippen LogP contribution in [0.25, 0.3) is 0 Å². The molecule has 2 aromatic rings. The lowest BCUT2D eigenvalue weighted by Gasteiger charge is -2.10. The zero-order valence-electron chi connectivity index (χ0n) is 12.1. The van der Waals surface area contributed by atoms with Crippen LogP contribution >= 0.6 is 11.8 Å². The maximum Gasteiger partial charge on any atom is 0.133 e. The first-order valence-electron chi connectivity index (χ1n) is 6.81. The number of hydrogen-bond donors (Lipinski definition) is 1. The lowest BCUT2D eigenvalue weighted by atomic mass is 10.1. The van der Waals surface area contributed by atoms with Crippen LogP contribution < -0.4 is 10.1 Å². The predicted octanol–water partition coefficient (Wildman–Crippen LogP) is 3.75. The van der Waals surface area contributed by atoms with Crippen molar-refractivity contribution in [3.05, 3.63) is 59.7 Å². The van der Waals surface area contributed by atoms with Crippen LogP contribution in [0.3, 0.4) is 0 Å². The first-order valence-corrected chi connectivity index (χ1v) is 8.04. The van der Waals surface area contributed by atoms with E-state index in [1.807, 2.05) is 25.2 Å². The largest absolute Gasteiger partial charge is 0.488 e. The van der Waals surface area contributed by atoms with Crippen LogP contribution in [0.1, 0.15) is 11.1 Å². The quantitative estimate of drug-likeness (QED) is 0.784. The monoisotopic (exact) mass is 287 g/mol.